The molecule has 2 aromatic carbocycles. The molecule has 4 nitrogen and oxygen atoms in total. The van der Waals surface area contributed by atoms with Gasteiger partial charge >= 0.3 is 0 Å². The molecule has 4 rings (SSSR count). The van der Waals surface area contributed by atoms with Crippen LogP contribution < -0.4 is 10.2 Å². The molecule has 1 N–H and O–H groups in total. The summed E-state index contributed by atoms with van der Waals surface area (Å²) >= 11 is 6.21. The predicted octanol–water partition coefficient (Wildman–Crippen LogP) is 4.00. The number of rotatable bonds is 3. The Morgan fingerprint density at radius 1 is 1.03 bits per heavy atom. The number of aryl methyl sites for hydroxylation is 2. The smallest absolute Gasteiger partial charge is 0.227 e. The Labute approximate surface area is 178 Å². The van der Waals surface area contributed by atoms with E-state index in [9.17, 15) is 4.79 Å². The van der Waals surface area contributed by atoms with Crippen LogP contribution in [0.3, 0.4) is 0 Å². The third-order valence-corrected chi connectivity index (χ3v) is 6.73. The standard InChI is InChI=1S/C24H30ClN3O/c1-17-5-3-4-6-20(17)21-9-10-26-16-22(21)24(29)28-13-11-27(12-14-28)23-15-19(25)8-7-18(23)2/h3-8,15,21-22,26H,9-14,16H2,1-2H3/t21-,22+/m0/s1. The van der Waals surface area contributed by atoms with Gasteiger partial charge in [0.05, 0.1) is 5.92 Å². The fourth-order valence-corrected chi connectivity index (χ4v) is 4.98. The van der Waals surface area contributed by atoms with Gasteiger partial charge < -0.3 is 15.1 Å². The van der Waals surface area contributed by atoms with Crippen LogP contribution in [-0.4, -0.2) is 50.1 Å². The van der Waals surface area contributed by atoms with Crippen molar-refractivity contribution < 1.29 is 4.79 Å². The van der Waals surface area contributed by atoms with Crippen LogP contribution >= 0.6 is 11.6 Å². The SMILES string of the molecule is Cc1ccccc1[C@@H]1CCNC[C@H]1C(=O)N1CCN(c2cc(Cl)ccc2C)CC1. The molecule has 29 heavy (non-hydrogen) atoms. The van der Waals surface area contributed by atoms with Gasteiger partial charge in [0.1, 0.15) is 0 Å². The number of carbonyl (C=O) groups excluding carboxylic acids is 1. The highest BCUT2D eigenvalue weighted by molar-refractivity contribution is 6.30. The summed E-state index contributed by atoms with van der Waals surface area (Å²) in [5.74, 6) is 0.621. The van der Waals surface area contributed by atoms with Gasteiger partial charge in [0.25, 0.3) is 0 Å². The van der Waals surface area contributed by atoms with Gasteiger partial charge in [-0.05, 0) is 61.6 Å². The summed E-state index contributed by atoms with van der Waals surface area (Å²) in [6.07, 6.45) is 1.02. The number of anilines is 1. The number of piperazine rings is 1. The average Bonchev–Trinajstić information content (AvgIpc) is 2.75. The minimum atomic E-state index is 0.0179. The zero-order chi connectivity index (χ0) is 20.4. The van der Waals surface area contributed by atoms with Crippen molar-refractivity contribution in [1.29, 1.82) is 0 Å². The molecule has 0 spiro atoms. The first-order valence-electron chi connectivity index (χ1n) is 10.6. The molecule has 154 valence electrons. The van der Waals surface area contributed by atoms with E-state index in [0.717, 1.165) is 50.7 Å². The molecule has 0 aromatic heterocycles. The van der Waals surface area contributed by atoms with Crippen molar-refractivity contribution in [3.63, 3.8) is 0 Å². The van der Waals surface area contributed by atoms with Crippen LogP contribution in [0.25, 0.3) is 0 Å². The van der Waals surface area contributed by atoms with Crippen LogP contribution in [0.1, 0.15) is 29.0 Å². The first-order chi connectivity index (χ1) is 14.0. The molecule has 0 saturated carbocycles. The number of nitrogens with one attached hydrogen (secondary N) is 1. The van der Waals surface area contributed by atoms with Gasteiger partial charge in [0.2, 0.25) is 5.91 Å². The molecule has 2 aromatic rings. The summed E-state index contributed by atoms with van der Waals surface area (Å²) < 4.78 is 0. The van der Waals surface area contributed by atoms with Crippen molar-refractivity contribution in [3.8, 4) is 0 Å². The molecule has 0 unspecified atom stereocenters. The minimum Gasteiger partial charge on any atom is -0.368 e. The molecule has 2 aliphatic rings. The molecule has 2 fully saturated rings. The second kappa shape index (κ2) is 8.76. The van der Waals surface area contributed by atoms with Gasteiger partial charge in [0.15, 0.2) is 0 Å². The zero-order valence-corrected chi connectivity index (χ0v) is 18.1. The van der Waals surface area contributed by atoms with Crippen molar-refractivity contribution in [2.24, 2.45) is 5.92 Å². The number of benzene rings is 2. The molecule has 2 heterocycles. The molecule has 2 aliphatic heterocycles. The van der Waals surface area contributed by atoms with E-state index >= 15 is 0 Å². The summed E-state index contributed by atoms with van der Waals surface area (Å²) in [4.78, 5) is 17.9. The second-order valence-electron chi connectivity index (χ2n) is 8.31. The van der Waals surface area contributed by atoms with Gasteiger partial charge in [0, 0.05) is 43.4 Å². The second-order valence-corrected chi connectivity index (χ2v) is 8.74. The molecule has 2 saturated heterocycles. The maximum atomic E-state index is 13.5. The molecule has 0 bridgehead atoms. The number of hydrogen-bond acceptors (Lipinski definition) is 3. The number of amides is 1. The largest absolute Gasteiger partial charge is 0.368 e. The van der Waals surface area contributed by atoms with E-state index in [0.29, 0.717) is 11.8 Å². The number of nitrogens with zero attached hydrogens (tertiary/aromatic N) is 2. The Bertz CT molecular complexity index is 876. The van der Waals surface area contributed by atoms with E-state index in [4.69, 9.17) is 11.6 Å². The molecule has 2 atom stereocenters. The lowest BCUT2D eigenvalue weighted by molar-refractivity contribution is -0.137. The van der Waals surface area contributed by atoms with Gasteiger partial charge in [-0.15, -0.1) is 0 Å². The lowest BCUT2D eigenvalue weighted by Gasteiger charge is -2.41. The molecule has 0 radical (unpaired) electrons. The van der Waals surface area contributed by atoms with E-state index in [1.807, 2.05) is 12.1 Å². The van der Waals surface area contributed by atoms with Gasteiger partial charge in [-0.3, -0.25) is 4.79 Å². The van der Waals surface area contributed by atoms with Crippen molar-refractivity contribution in [3.05, 3.63) is 64.2 Å². The summed E-state index contributed by atoms with van der Waals surface area (Å²) in [5.41, 5.74) is 5.03. The van der Waals surface area contributed by atoms with E-state index in [1.165, 1.54) is 22.4 Å². The summed E-state index contributed by atoms with van der Waals surface area (Å²) in [6.45, 7) is 9.25. The average molecular weight is 412 g/mol. The maximum Gasteiger partial charge on any atom is 0.227 e. The number of hydrogen-bond donors (Lipinski definition) is 1. The van der Waals surface area contributed by atoms with Crippen LogP contribution in [-0.2, 0) is 4.79 Å². The van der Waals surface area contributed by atoms with E-state index in [-0.39, 0.29) is 5.92 Å². The summed E-state index contributed by atoms with van der Waals surface area (Å²) in [6, 6.07) is 14.6. The van der Waals surface area contributed by atoms with Crippen LogP contribution in [0.5, 0.6) is 0 Å². The maximum absolute atomic E-state index is 13.5. The predicted molar refractivity (Wildman–Crippen MR) is 120 cm³/mol. The first-order valence-corrected chi connectivity index (χ1v) is 11.0. The fourth-order valence-electron chi connectivity index (χ4n) is 4.82. The third-order valence-electron chi connectivity index (χ3n) is 6.49. The van der Waals surface area contributed by atoms with Crippen LogP contribution in [0.15, 0.2) is 42.5 Å². The minimum absolute atomic E-state index is 0.0179. The molecule has 5 heteroatoms. The summed E-state index contributed by atoms with van der Waals surface area (Å²) in [5, 5.41) is 4.21. The molecule has 0 aliphatic carbocycles. The third kappa shape index (κ3) is 4.29. The normalized spacial score (nSPS) is 22.6. The van der Waals surface area contributed by atoms with Crippen molar-refractivity contribution >= 4 is 23.2 Å². The molecular weight excluding hydrogens is 382 g/mol. The van der Waals surface area contributed by atoms with Gasteiger partial charge in [-0.1, -0.05) is 41.9 Å². The van der Waals surface area contributed by atoms with Crippen LogP contribution in [0.4, 0.5) is 5.69 Å². The van der Waals surface area contributed by atoms with E-state index in [1.54, 1.807) is 0 Å². The topological polar surface area (TPSA) is 35.6 Å². The highest BCUT2D eigenvalue weighted by Crippen LogP contribution is 2.34. The number of piperidine rings is 1. The Hall–Kier alpha value is -2.04. The van der Waals surface area contributed by atoms with Crippen molar-refractivity contribution in [1.82, 2.24) is 10.2 Å². The van der Waals surface area contributed by atoms with E-state index in [2.05, 4.69) is 59.3 Å². The van der Waals surface area contributed by atoms with E-state index < -0.39 is 0 Å². The monoisotopic (exact) mass is 411 g/mol. The first kappa shape index (κ1) is 20.2. The highest BCUT2D eigenvalue weighted by Gasteiger charge is 2.36. The van der Waals surface area contributed by atoms with Crippen LogP contribution in [0, 0.1) is 19.8 Å². The quantitative estimate of drug-likeness (QED) is 0.829. The van der Waals surface area contributed by atoms with Gasteiger partial charge in [-0.25, -0.2) is 0 Å². The lowest BCUT2D eigenvalue weighted by Crippen LogP contribution is -2.53. The fraction of sp³-hybridized carbons (Fsp3) is 0.458. The Morgan fingerprint density at radius 3 is 2.55 bits per heavy atom. The van der Waals surface area contributed by atoms with Crippen molar-refractivity contribution in [2.75, 3.05) is 44.2 Å². The number of carbonyl (C=O) groups is 1. The Morgan fingerprint density at radius 2 is 1.79 bits per heavy atom. The molecule has 1 amide bonds. The zero-order valence-electron chi connectivity index (χ0n) is 17.3. The lowest BCUT2D eigenvalue weighted by atomic mass is 9.78. The van der Waals surface area contributed by atoms with Crippen LogP contribution in [0.2, 0.25) is 5.02 Å². The number of halogens is 1. The van der Waals surface area contributed by atoms with Gasteiger partial charge in [-0.2, -0.15) is 0 Å². The Kier molecular flexibility index (Phi) is 6.12. The summed E-state index contributed by atoms with van der Waals surface area (Å²) in [7, 11) is 0. The Balaban J connectivity index is 1.46. The highest BCUT2D eigenvalue weighted by atomic mass is 35.5. The molecular formula is C24H30ClN3O. The van der Waals surface area contributed by atoms with Crippen molar-refractivity contribution in [2.45, 2.75) is 26.2 Å².